The van der Waals surface area contributed by atoms with Crippen molar-refractivity contribution < 1.29 is 29.0 Å². The maximum absolute atomic E-state index is 12.5. The van der Waals surface area contributed by atoms with Gasteiger partial charge < -0.3 is 14.6 Å². The van der Waals surface area contributed by atoms with Gasteiger partial charge in [-0.25, -0.2) is 0 Å². The number of carbonyl (C=O) groups excluding carboxylic acids is 2. The number of esters is 2. The second-order valence-electron chi connectivity index (χ2n) is 16.6. The van der Waals surface area contributed by atoms with Crippen LogP contribution in [0.5, 0.6) is 0 Å². The highest BCUT2D eigenvalue weighted by molar-refractivity contribution is 5.76. The van der Waals surface area contributed by atoms with Crippen molar-refractivity contribution in [1.29, 1.82) is 0 Å². The topological polar surface area (TPSA) is 89.9 Å². The number of hydrogen-bond acceptors (Lipinski definition) is 5. The Bertz CT molecular complexity index is 1130. The SMILES string of the molecule is C=C(C)C1CCC2(COC(=O)CCC(=O)O)CCC3(C)C(CCC4C5(C)CCC(OC(C)=O)C(C)(C)C5CCC43C)C12. The van der Waals surface area contributed by atoms with E-state index >= 15 is 0 Å². The highest BCUT2D eigenvalue weighted by atomic mass is 16.5. The van der Waals surface area contributed by atoms with Gasteiger partial charge in [-0.05, 0) is 117 Å². The van der Waals surface area contributed by atoms with Crippen LogP contribution in [0.15, 0.2) is 12.2 Å². The van der Waals surface area contributed by atoms with Crippen LogP contribution in [0.2, 0.25) is 0 Å². The van der Waals surface area contributed by atoms with Gasteiger partial charge in [-0.2, -0.15) is 0 Å². The van der Waals surface area contributed by atoms with Crippen LogP contribution in [0, 0.1) is 56.7 Å². The third-order valence-electron chi connectivity index (χ3n) is 14.6. The molecule has 1 N–H and O–H groups in total. The third kappa shape index (κ3) is 4.67. The van der Waals surface area contributed by atoms with Gasteiger partial charge in [-0.1, -0.05) is 46.8 Å². The highest BCUT2D eigenvalue weighted by Crippen LogP contribution is 2.77. The van der Waals surface area contributed by atoms with E-state index in [1.54, 1.807) is 6.92 Å². The highest BCUT2D eigenvalue weighted by Gasteiger charge is 2.71. The minimum absolute atomic E-state index is 0.00678. The molecular weight excluding hydrogens is 528 g/mol. The second kappa shape index (κ2) is 10.6. The fraction of sp³-hybridized carbons (Fsp3) is 0.861. The molecule has 6 heteroatoms. The quantitative estimate of drug-likeness (QED) is 0.241. The molecule has 5 aliphatic carbocycles. The Morgan fingerprint density at radius 1 is 0.810 bits per heavy atom. The number of allylic oxidation sites excluding steroid dienone is 1. The lowest BCUT2D eigenvalue weighted by atomic mass is 9.32. The Morgan fingerprint density at radius 2 is 1.52 bits per heavy atom. The molecule has 0 aliphatic heterocycles. The molecule has 0 spiro atoms. The van der Waals surface area contributed by atoms with Crippen molar-refractivity contribution in [2.75, 3.05) is 6.61 Å². The number of rotatable bonds is 7. The molecule has 10 atom stereocenters. The zero-order chi connectivity index (χ0) is 30.9. The van der Waals surface area contributed by atoms with E-state index in [2.05, 4.69) is 48.1 Å². The first kappa shape index (κ1) is 31.6. The third-order valence-corrected chi connectivity index (χ3v) is 14.6. The van der Waals surface area contributed by atoms with Gasteiger partial charge in [0.25, 0.3) is 0 Å². The minimum Gasteiger partial charge on any atom is -0.481 e. The number of fused-ring (bicyclic) bond motifs is 7. The Morgan fingerprint density at radius 3 is 2.17 bits per heavy atom. The van der Waals surface area contributed by atoms with E-state index in [0.717, 1.165) is 38.5 Å². The van der Waals surface area contributed by atoms with Gasteiger partial charge in [0.2, 0.25) is 0 Å². The summed E-state index contributed by atoms with van der Waals surface area (Å²) in [6.45, 7) is 21.1. The molecule has 10 unspecified atom stereocenters. The van der Waals surface area contributed by atoms with Gasteiger partial charge >= 0.3 is 17.9 Å². The van der Waals surface area contributed by atoms with Gasteiger partial charge in [0.15, 0.2) is 0 Å². The van der Waals surface area contributed by atoms with E-state index in [1.165, 1.54) is 31.3 Å². The standard InChI is InChI=1S/C36H56O6/c1-22(2)24-13-18-36(21-41-30(40)12-11-29(38)39)20-19-34(7)25(31(24)36)9-10-27-33(6)16-15-28(42-23(3)37)32(4,5)26(33)14-17-35(27,34)8/h24-28,31H,1,9-21H2,2-8H3,(H,38,39). The van der Waals surface area contributed by atoms with Crippen molar-refractivity contribution in [3.8, 4) is 0 Å². The van der Waals surface area contributed by atoms with Crippen LogP contribution in [0.4, 0.5) is 0 Å². The summed E-state index contributed by atoms with van der Waals surface area (Å²) < 4.78 is 11.8. The second-order valence-corrected chi connectivity index (χ2v) is 16.6. The van der Waals surface area contributed by atoms with E-state index in [0.29, 0.717) is 36.2 Å². The molecular formula is C36H56O6. The molecule has 236 valence electrons. The van der Waals surface area contributed by atoms with Crippen molar-refractivity contribution in [2.45, 2.75) is 132 Å². The molecule has 0 heterocycles. The maximum atomic E-state index is 12.5. The molecule has 0 amide bonds. The Balaban J connectivity index is 1.43. The smallest absolute Gasteiger partial charge is 0.306 e. The van der Waals surface area contributed by atoms with E-state index in [9.17, 15) is 14.4 Å². The lowest BCUT2D eigenvalue weighted by Crippen LogP contribution is -2.67. The number of ether oxygens (including phenoxy) is 2. The predicted molar refractivity (Wildman–Crippen MR) is 162 cm³/mol. The molecule has 0 aromatic carbocycles. The first-order chi connectivity index (χ1) is 19.5. The predicted octanol–water partition coefficient (Wildman–Crippen LogP) is 7.98. The number of carboxylic acids is 1. The monoisotopic (exact) mass is 584 g/mol. The number of carbonyl (C=O) groups is 3. The van der Waals surface area contributed by atoms with E-state index in [4.69, 9.17) is 14.6 Å². The normalized spacial score (nSPS) is 45.4. The summed E-state index contributed by atoms with van der Waals surface area (Å²) in [6, 6.07) is 0. The van der Waals surface area contributed by atoms with Gasteiger partial charge in [-0.3, -0.25) is 14.4 Å². The van der Waals surface area contributed by atoms with Crippen molar-refractivity contribution in [1.82, 2.24) is 0 Å². The van der Waals surface area contributed by atoms with E-state index in [-0.39, 0.29) is 58.0 Å². The molecule has 0 radical (unpaired) electrons. The summed E-state index contributed by atoms with van der Waals surface area (Å²) in [5.74, 6) is 1.10. The van der Waals surface area contributed by atoms with Crippen LogP contribution in [0.1, 0.15) is 126 Å². The molecule has 42 heavy (non-hydrogen) atoms. The molecule has 0 aromatic rings. The summed E-state index contributed by atoms with van der Waals surface area (Å²) in [6.07, 6.45) is 11.0. The molecule has 0 bridgehead atoms. The Kier molecular flexibility index (Phi) is 8.00. The molecule has 5 saturated carbocycles. The minimum atomic E-state index is -0.962. The molecule has 5 rings (SSSR count). The zero-order valence-electron chi connectivity index (χ0n) is 27.4. The van der Waals surface area contributed by atoms with Crippen LogP contribution >= 0.6 is 0 Å². The van der Waals surface area contributed by atoms with Gasteiger partial charge in [-0.15, -0.1) is 0 Å². The number of carboxylic acid groups (broad SMARTS) is 1. The summed E-state index contributed by atoms with van der Waals surface area (Å²) in [4.78, 5) is 35.5. The van der Waals surface area contributed by atoms with Gasteiger partial charge in [0.1, 0.15) is 6.10 Å². The van der Waals surface area contributed by atoms with Crippen LogP contribution in [0.25, 0.3) is 0 Å². The summed E-state index contributed by atoms with van der Waals surface area (Å²) in [5.41, 5.74) is 1.82. The lowest BCUT2D eigenvalue weighted by molar-refractivity contribution is -0.252. The van der Waals surface area contributed by atoms with Crippen molar-refractivity contribution >= 4 is 17.9 Å². The summed E-state index contributed by atoms with van der Waals surface area (Å²) in [7, 11) is 0. The van der Waals surface area contributed by atoms with Crippen LogP contribution in [-0.2, 0) is 23.9 Å². The molecule has 5 fully saturated rings. The van der Waals surface area contributed by atoms with Crippen LogP contribution < -0.4 is 0 Å². The fourth-order valence-electron chi connectivity index (χ4n) is 12.4. The maximum Gasteiger partial charge on any atom is 0.306 e. The lowest BCUT2D eigenvalue weighted by Gasteiger charge is -2.73. The van der Waals surface area contributed by atoms with Crippen LogP contribution in [0.3, 0.4) is 0 Å². The van der Waals surface area contributed by atoms with Crippen LogP contribution in [-0.4, -0.2) is 35.7 Å². The number of aliphatic carboxylic acids is 1. The number of hydrogen-bond donors (Lipinski definition) is 1. The molecule has 6 nitrogen and oxygen atoms in total. The van der Waals surface area contributed by atoms with Gasteiger partial charge in [0, 0.05) is 17.8 Å². The molecule has 0 saturated heterocycles. The van der Waals surface area contributed by atoms with E-state index in [1.807, 2.05) is 0 Å². The molecule has 5 aliphatic rings. The van der Waals surface area contributed by atoms with Gasteiger partial charge in [0.05, 0.1) is 19.4 Å². The van der Waals surface area contributed by atoms with Crippen molar-refractivity contribution in [3.05, 3.63) is 12.2 Å². The Labute approximate surface area is 253 Å². The summed E-state index contributed by atoms with van der Waals surface area (Å²) >= 11 is 0. The first-order valence-corrected chi connectivity index (χ1v) is 16.7. The summed E-state index contributed by atoms with van der Waals surface area (Å²) in [5, 5.41) is 9.03. The average molecular weight is 585 g/mol. The largest absolute Gasteiger partial charge is 0.481 e. The Hall–Kier alpha value is -1.85. The van der Waals surface area contributed by atoms with E-state index < -0.39 is 5.97 Å². The first-order valence-electron chi connectivity index (χ1n) is 16.7. The van der Waals surface area contributed by atoms with Crippen molar-refractivity contribution in [3.63, 3.8) is 0 Å². The molecule has 0 aromatic heterocycles. The van der Waals surface area contributed by atoms with Crippen molar-refractivity contribution in [2.24, 2.45) is 56.7 Å². The fourth-order valence-corrected chi connectivity index (χ4v) is 12.4. The zero-order valence-corrected chi connectivity index (χ0v) is 27.4. The average Bonchev–Trinajstić information content (AvgIpc) is 3.28.